The van der Waals surface area contributed by atoms with E-state index in [0.717, 1.165) is 24.0 Å². The molecule has 1 saturated carbocycles. The van der Waals surface area contributed by atoms with Crippen molar-refractivity contribution < 1.29 is 4.79 Å². The van der Waals surface area contributed by atoms with E-state index in [2.05, 4.69) is 5.32 Å². The number of amides is 1. The highest BCUT2D eigenvalue weighted by molar-refractivity contribution is 6.30. The van der Waals surface area contributed by atoms with Crippen molar-refractivity contribution in [1.29, 1.82) is 0 Å². The predicted molar refractivity (Wildman–Crippen MR) is 90.3 cm³/mol. The summed E-state index contributed by atoms with van der Waals surface area (Å²) in [6.45, 7) is 0. The van der Waals surface area contributed by atoms with Gasteiger partial charge in [-0.1, -0.05) is 47.5 Å². The topological polar surface area (TPSA) is 29.1 Å². The zero-order chi connectivity index (χ0) is 15.6. The number of halogens is 2. The van der Waals surface area contributed by atoms with E-state index >= 15 is 0 Å². The van der Waals surface area contributed by atoms with E-state index in [0.29, 0.717) is 22.9 Å². The van der Waals surface area contributed by atoms with Gasteiger partial charge in [0.05, 0.1) is 5.54 Å². The summed E-state index contributed by atoms with van der Waals surface area (Å²) < 4.78 is 0. The lowest BCUT2D eigenvalue weighted by Gasteiger charge is -2.18. The first kappa shape index (κ1) is 15.4. The summed E-state index contributed by atoms with van der Waals surface area (Å²) in [4.78, 5) is 12.2. The van der Waals surface area contributed by atoms with Gasteiger partial charge in [-0.05, 0) is 54.7 Å². The van der Waals surface area contributed by atoms with Crippen LogP contribution in [0.4, 0.5) is 0 Å². The molecule has 0 saturated heterocycles. The summed E-state index contributed by atoms with van der Waals surface area (Å²) >= 11 is 11.9. The zero-order valence-electron chi connectivity index (χ0n) is 12.1. The number of carbonyl (C=O) groups excluding carboxylic acids is 1. The smallest absolute Gasteiger partial charge is 0.221 e. The number of benzene rings is 2. The molecule has 1 aliphatic carbocycles. The second-order valence-electron chi connectivity index (χ2n) is 5.77. The van der Waals surface area contributed by atoms with E-state index in [1.807, 2.05) is 48.5 Å². The molecule has 2 nitrogen and oxygen atoms in total. The van der Waals surface area contributed by atoms with Gasteiger partial charge in [-0.3, -0.25) is 4.79 Å². The Balaban J connectivity index is 1.59. The standard InChI is InChI=1S/C18H17Cl2NO/c19-15-7-4-13(5-8-15)6-9-17(22)21-18(10-11-18)14-2-1-3-16(20)12-14/h1-5,7-8,12H,6,9-11H2,(H,21,22). The molecule has 0 bridgehead atoms. The van der Waals surface area contributed by atoms with E-state index in [1.165, 1.54) is 0 Å². The Labute approximate surface area is 140 Å². The molecule has 2 aromatic rings. The molecule has 1 fully saturated rings. The van der Waals surface area contributed by atoms with Crippen LogP contribution >= 0.6 is 23.2 Å². The van der Waals surface area contributed by atoms with Crippen molar-refractivity contribution in [3.8, 4) is 0 Å². The van der Waals surface area contributed by atoms with Crippen molar-refractivity contribution in [3.05, 3.63) is 69.7 Å². The Morgan fingerprint density at radius 1 is 1.05 bits per heavy atom. The highest BCUT2D eigenvalue weighted by Crippen LogP contribution is 2.46. The molecule has 0 aliphatic heterocycles. The molecule has 22 heavy (non-hydrogen) atoms. The molecule has 0 radical (unpaired) electrons. The Bertz CT molecular complexity index is 678. The summed E-state index contributed by atoms with van der Waals surface area (Å²) in [5.74, 6) is 0.0763. The fourth-order valence-electron chi connectivity index (χ4n) is 2.64. The van der Waals surface area contributed by atoms with E-state index < -0.39 is 0 Å². The molecule has 114 valence electrons. The second kappa shape index (κ2) is 6.31. The van der Waals surface area contributed by atoms with Crippen molar-refractivity contribution in [2.45, 2.75) is 31.2 Å². The van der Waals surface area contributed by atoms with Gasteiger partial charge in [0.2, 0.25) is 5.91 Å². The van der Waals surface area contributed by atoms with Crippen molar-refractivity contribution in [1.82, 2.24) is 5.32 Å². The van der Waals surface area contributed by atoms with Crippen LogP contribution < -0.4 is 5.32 Å². The number of nitrogens with one attached hydrogen (secondary N) is 1. The molecular formula is C18H17Cl2NO. The minimum Gasteiger partial charge on any atom is -0.347 e. The maximum Gasteiger partial charge on any atom is 0.221 e. The molecule has 2 aromatic carbocycles. The lowest BCUT2D eigenvalue weighted by molar-refractivity contribution is -0.122. The van der Waals surface area contributed by atoms with Gasteiger partial charge in [-0.25, -0.2) is 0 Å². The maximum atomic E-state index is 12.2. The van der Waals surface area contributed by atoms with Crippen molar-refractivity contribution >= 4 is 29.1 Å². The van der Waals surface area contributed by atoms with Gasteiger partial charge in [-0.15, -0.1) is 0 Å². The van der Waals surface area contributed by atoms with Crippen molar-refractivity contribution in [2.75, 3.05) is 0 Å². The average Bonchev–Trinajstić information content (AvgIpc) is 3.27. The van der Waals surface area contributed by atoms with E-state index in [1.54, 1.807) is 0 Å². The molecule has 0 heterocycles. The first-order valence-corrected chi connectivity index (χ1v) is 8.14. The van der Waals surface area contributed by atoms with Gasteiger partial charge in [-0.2, -0.15) is 0 Å². The van der Waals surface area contributed by atoms with Crippen LogP contribution in [0.3, 0.4) is 0 Å². The van der Waals surface area contributed by atoms with Crippen LogP contribution in [0.15, 0.2) is 48.5 Å². The summed E-state index contributed by atoms with van der Waals surface area (Å²) in [6, 6.07) is 15.4. The Kier molecular flexibility index (Phi) is 4.42. The number of aryl methyl sites for hydroxylation is 1. The third-order valence-electron chi connectivity index (χ3n) is 4.06. The van der Waals surface area contributed by atoms with Gasteiger partial charge in [0.25, 0.3) is 0 Å². The maximum absolute atomic E-state index is 12.2. The molecule has 3 rings (SSSR count). The van der Waals surface area contributed by atoms with E-state index in [-0.39, 0.29) is 11.4 Å². The number of carbonyl (C=O) groups is 1. The first-order valence-electron chi connectivity index (χ1n) is 7.39. The number of hydrogen-bond acceptors (Lipinski definition) is 1. The third-order valence-corrected chi connectivity index (χ3v) is 4.55. The fourth-order valence-corrected chi connectivity index (χ4v) is 2.95. The van der Waals surface area contributed by atoms with Crippen molar-refractivity contribution in [2.24, 2.45) is 0 Å². The SMILES string of the molecule is O=C(CCc1ccc(Cl)cc1)NC1(c2cccc(Cl)c2)CC1. The van der Waals surface area contributed by atoms with Gasteiger partial charge in [0.1, 0.15) is 0 Å². The third kappa shape index (κ3) is 3.63. The van der Waals surface area contributed by atoms with Gasteiger partial charge < -0.3 is 5.32 Å². The van der Waals surface area contributed by atoms with E-state index in [9.17, 15) is 4.79 Å². The van der Waals surface area contributed by atoms with Gasteiger partial charge in [0, 0.05) is 16.5 Å². The van der Waals surface area contributed by atoms with E-state index in [4.69, 9.17) is 23.2 Å². The molecule has 0 atom stereocenters. The summed E-state index contributed by atoms with van der Waals surface area (Å²) in [7, 11) is 0. The molecule has 0 spiro atoms. The Morgan fingerprint density at radius 2 is 1.77 bits per heavy atom. The lowest BCUT2D eigenvalue weighted by atomic mass is 10.0. The zero-order valence-corrected chi connectivity index (χ0v) is 13.6. The second-order valence-corrected chi connectivity index (χ2v) is 6.64. The summed E-state index contributed by atoms with van der Waals surface area (Å²) in [5.41, 5.74) is 2.01. The summed E-state index contributed by atoms with van der Waals surface area (Å²) in [6.07, 6.45) is 3.14. The molecular weight excluding hydrogens is 317 g/mol. The fraction of sp³-hybridized carbons (Fsp3) is 0.278. The largest absolute Gasteiger partial charge is 0.347 e. The Hall–Kier alpha value is -1.51. The van der Waals surface area contributed by atoms with Crippen LogP contribution in [0.5, 0.6) is 0 Å². The minimum absolute atomic E-state index is 0.0763. The lowest BCUT2D eigenvalue weighted by Crippen LogP contribution is -2.34. The van der Waals surface area contributed by atoms with Crippen LogP contribution in [0, 0.1) is 0 Å². The monoisotopic (exact) mass is 333 g/mol. The normalized spacial score (nSPS) is 15.4. The molecule has 0 aromatic heterocycles. The molecule has 1 amide bonds. The highest BCUT2D eigenvalue weighted by atomic mass is 35.5. The van der Waals surface area contributed by atoms with Crippen LogP contribution in [0.1, 0.15) is 30.4 Å². The number of rotatable bonds is 5. The molecule has 4 heteroatoms. The van der Waals surface area contributed by atoms with Crippen LogP contribution in [0.25, 0.3) is 0 Å². The average molecular weight is 334 g/mol. The van der Waals surface area contributed by atoms with Crippen molar-refractivity contribution in [3.63, 3.8) is 0 Å². The minimum atomic E-state index is -0.206. The highest BCUT2D eigenvalue weighted by Gasteiger charge is 2.45. The first-order chi connectivity index (χ1) is 10.6. The van der Waals surface area contributed by atoms with Crippen LogP contribution in [0.2, 0.25) is 10.0 Å². The molecule has 1 aliphatic rings. The molecule has 1 N–H and O–H groups in total. The number of hydrogen-bond donors (Lipinski definition) is 1. The molecule has 0 unspecified atom stereocenters. The summed E-state index contributed by atoms with van der Waals surface area (Å²) in [5, 5.41) is 4.59. The Morgan fingerprint density at radius 3 is 2.41 bits per heavy atom. The van der Waals surface area contributed by atoms with Crippen LogP contribution in [-0.2, 0) is 16.8 Å². The van der Waals surface area contributed by atoms with Gasteiger partial charge >= 0.3 is 0 Å². The van der Waals surface area contributed by atoms with Crippen LogP contribution in [-0.4, -0.2) is 5.91 Å². The predicted octanol–water partition coefficient (Wildman–Crippen LogP) is 4.73. The van der Waals surface area contributed by atoms with Gasteiger partial charge in [0.15, 0.2) is 0 Å². The quantitative estimate of drug-likeness (QED) is 0.841.